The van der Waals surface area contributed by atoms with Crippen molar-refractivity contribution in [1.82, 2.24) is 4.98 Å². The van der Waals surface area contributed by atoms with E-state index >= 15 is 0 Å². The van der Waals surface area contributed by atoms with E-state index in [9.17, 15) is 9.90 Å². The maximum atomic E-state index is 11.7. The number of aliphatic hydroxyl groups is 1. The van der Waals surface area contributed by atoms with E-state index in [2.05, 4.69) is 113 Å². The molecule has 0 spiro atoms. The third-order valence-corrected chi connectivity index (χ3v) is 10.4. The number of hydrogen-bond donors (Lipinski definition) is 1. The normalized spacial score (nSPS) is 13.6. The molecule has 0 atom stereocenters. The molecule has 1 radical (unpaired) electrons. The average molecular weight is 831 g/mol. The van der Waals surface area contributed by atoms with Crippen LogP contribution in [0, 0.1) is 17.9 Å². The third kappa shape index (κ3) is 7.47. The number of aliphatic hydroxyl groups excluding tert-OH is 1. The molecule has 1 N–H and O–H groups in total. The summed E-state index contributed by atoms with van der Waals surface area (Å²) >= 11 is 0. The summed E-state index contributed by atoms with van der Waals surface area (Å²) in [5, 5.41) is 14.8. The minimum Gasteiger partial charge on any atom is -0.512 e. The van der Waals surface area contributed by atoms with Gasteiger partial charge in [-0.15, -0.1) is 29.1 Å². The SMILES string of the molecule is CC(C)(C)c1cc(-c2nccc3c2C(C)(C)c2cccc4cccc-3c24)[c-]c2ccccc12.CCC(CC)C(=O)/C=C(\O)C(CC)CC.[Ir]. The Morgan fingerprint density at radius 2 is 1.49 bits per heavy atom. The molecule has 0 bridgehead atoms. The monoisotopic (exact) mass is 831 g/mol. The van der Waals surface area contributed by atoms with E-state index in [4.69, 9.17) is 4.98 Å². The van der Waals surface area contributed by atoms with Crippen LogP contribution in [0.15, 0.2) is 90.8 Å². The van der Waals surface area contributed by atoms with Gasteiger partial charge in [-0.25, -0.2) is 0 Å². The molecule has 1 aliphatic carbocycles. The van der Waals surface area contributed by atoms with Gasteiger partial charge in [-0.1, -0.05) is 128 Å². The van der Waals surface area contributed by atoms with Gasteiger partial charge in [0, 0.05) is 55.3 Å². The molecule has 6 rings (SSSR count). The van der Waals surface area contributed by atoms with Crippen LogP contribution in [0.5, 0.6) is 0 Å². The van der Waals surface area contributed by atoms with Crippen molar-refractivity contribution in [3.05, 3.63) is 114 Å². The van der Waals surface area contributed by atoms with Crippen molar-refractivity contribution in [2.24, 2.45) is 11.8 Å². The Kier molecular flexibility index (Phi) is 12.1. The van der Waals surface area contributed by atoms with Crippen LogP contribution in [0.25, 0.3) is 43.9 Å². The minimum absolute atomic E-state index is 0. The fourth-order valence-electron chi connectivity index (χ4n) is 7.50. The molecule has 3 nitrogen and oxygen atoms in total. The Balaban J connectivity index is 0.000000290. The van der Waals surface area contributed by atoms with Crippen LogP contribution in [-0.2, 0) is 35.7 Å². The minimum atomic E-state index is -0.172. The van der Waals surface area contributed by atoms with Gasteiger partial charge in [0.25, 0.3) is 0 Å². The summed E-state index contributed by atoms with van der Waals surface area (Å²) in [6.07, 6.45) is 6.88. The molecular weight excluding hydrogens is 779 g/mol. The van der Waals surface area contributed by atoms with Gasteiger partial charge < -0.3 is 5.11 Å². The van der Waals surface area contributed by atoms with Gasteiger partial charge in [-0.2, -0.15) is 0 Å². The van der Waals surface area contributed by atoms with E-state index in [0.717, 1.165) is 42.3 Å². The fourth-order valence-corrected chi connectivity index (χ4v) is 7.50. The van der Waals surface area contributed by atoms with Crippen LogP contribution in [0.1, 0.15) is 105 Å². The van der Waals surface area contributed by atoms with Gasteiger partial charge >= 0.3 is 0 Å². The van der Waals surface area contributed by atoms with Gasteiger partial charge in [0.05, 0.1) is 5.76 Å². The number of nitrogens with zero attached hydrogens (tertiary/aromatic N) is 1. The number of benzene rings is 4. The number of ketones is 1. The summed E-state index contributed by atoms with van der Waals surface area (Å²) in [7, 11) is 0. The van der Waals surface area contributed by atoms with Crippen molar-refractivity contribution in [3.8, 4) is 22.4 Å². The first kappa shape index (κ1) is 38.2. The summed E-state index contributed by atoms with van der Waals surface area (Å²) in [6.45, 7) is 19.6. The zero-order valence-corrected chi connectivity index (χ0v) is 33.1. The van der Waals surface area contributed by atoms with Crippen LogP contribution in [-0.4, -0.2) is 15.9 Å². The summed E-state index contributed by atoms with van der Waals surface area (Å²) in [4.78, 5) is 16.7. The van der Waals surface area contributed by atoms with E-state index in [1.165, 1.54) is 50.1 Å². The predicted octanol–water partition coefficient (Wildman–Crippen LogP) is 12.3. The van der Waals surface area contributed by atoms with Crippen molar-refractivity contribution in [1.29, 1.82) is 0 Å². The largest absolute Gasteiger partial charge is 0.512 e. The van der Waals surface area contributed by atoms with E-state index in [-0.39, 0.29) is 54.3 Å². The van der Waals surface area contributed by atoms with Crippen molar-refractivity contribution in [2.75, 3.05) is 0 Å². The molecule has 0 unspecified atom stereocenters. The smallest absolute Gasteiger partial charge is 0.162 e. The maximum Gasteiger partial charge on any atom is 0.162 e. The van der Waals surface area contributed by atoms with Crippen LogP contribution in [0.3, 0.4) is 0 Å². The van der Waals surface area contributed by atoms with Crippen LogP contribution in [0.4, 0.5) is 0 Å². The molecule has 4 heteroatoms. The molecule has 0 saturated heterocycles. The van der Waals surface area contributed by atoms with Gasteiger partial charge in [-0.05, 0) is 70.2 Å². The van der Waals surface area contributed by atoms with Gasteiger partial charge in [-0.3, -0.25) is 9.78 Å². The Labute approximate surface area is 307 Å². The Hall–Kier alpha value is -3.59. The molecular formula is C45H52IrNO2-. The summed E-state index contributed by atoms with van der Waals surface area (Å²) < 4.78 is 0. The number of rotatable bonds is 8. The molecule has 259 valence electrons. The first-order valence-corrected chi connectivity index (χ1v) is 17.8. The number of hydrogen-bond acceptors (Lipinski definition) is 3. The topological polar surface area (TPSA) is 50.2 Å². The van der Waals surface area contributed by atoms with Crippen LogP contribution < -0.4 is 0 Å². The van der Waals surface area contributed by atoms with Gasteiger partial charge in [0.1, 0.15) is 0 Å². The van der Waals surface area contributed by atoms with Crippen molar-refractivity contribution in [2.45, 2.75) is 98.8 Å². The Bertz CT molecular complexity index is 1970. The van der Waals surface area contributed by atoms with Gasteiger partial charge in [0.2, 0.25) is 0 Å². The molecule has 1 heterocycles. The Morgan fingerprint density at radius 1 is 0.857 bits per heavy atom. The second kappa shape index (κ2) is 15.5. The summed E-state index contributed by atoms with van der Waals surface area (Å²) in [5.74, 6) is 0.547. The van der Waals surface area contributed by atoms with E-state index in [1.54, 1.807) is 0 Å². The van der Waals surface area contributed by atoms with Crippen molar-refractivity contribution in [3.63, 3.8) is 0 Å². The number of pyridine rings is 1. The third-order valence-electron chi connectivity index (χ3n) is 10.4. The molecule has 49 heavy (non-hydrogen) atoms. The zero-order valence-electron chi connectivity index (χ0n) is 30.7. The second-order valence-corrected chi connectivity index (χ2v) is 14.8. The molecule has 1 aromatic heterocycles. The molecule has 0 amide bonds. The molecule has 0 saturated carbocycles. The van der Waals surface area contributed by atoms with Gasteiger partial charge in [0.15, 0.2) is 5.78 Å². The summed E-state index contributed by atoms with van der Waals surface area (Å²) in [6, 6.07) is 30.2. The molecule has 0 fully saturated rings. The number of aromatic nitrogens is 1. The Morgan fingerprint density at radius 3 is 2.12 bits per heavy atom. The number of fused-ring (bicyclic) bond motifs is 3. The molecule has 5 aromatic rings. The quantitative estimate of drug-likeness (QED) is 0.0963. The average Bonchev–Trinajstić information content (AvgIpc) is 3.07. The summed E-state index contributed by atoms with van der Waals surface area (Å²) in [5.41, 5.74) is 8.56. The van der Waals surface area contributed by atoms with E-state index in [1.807, 2.05) is 33.9 Å². The van der Waals surface area contributed by atoms with Crippen LogP contribution >= 0.6 is 0 Å². The molecule has 4 aromatic carbocycles. The van der Waals surface area contributed by atoms with Crippen molar-refractivity contribution < 1.29 is 30.0 Å². The van der Waals surface area contributed by atoms with E-state index < -0.39 is 0 Å². The first-order valence-electron chi connectivity index (χ1n) is 17.8. The predicted molar refractivity (Wildman–Crippen MR) is 204 cm³/mol. The maximum absolute atomic E-state index is 11.7. The second-order valence-electron chi connectivity index (χ2n) is 14.8. The number of carbonyl (C=O) groups is 1. The standard InChI is InChI=1S/C32H28N.C13H24O2.Ir/c1-31(2,3)27-19-22(18-21-10-6-7-13-23(21)27)30-29-25(16-17-33-30)24-14-8-11-20-12-9-15-26(28(20)24)32(29,4)5;1-5-10(6-2)12(14)9-13(15)11(7-3)8-4;/h6-17,19H,1-5H3;9-11,14H,5-8H2,1-4H3;/q-1;;/b;12-9-;. The fraction of sp³-hybridized carbons (Fsp3) is 0.378. The number of allylic oxidation sites excluding steroid dienone is 2. The molecule has 1 aliphatic rings. The zero-order chi connectivity index (χ0) is 34.8. The first-order chi connectivity index (χ1) is 22.9. The van der Waals surface area contributed by atoms with Crippen molar-refractivity contribution >= 4 is 27.3 Å². The molecule has 0 aliphatic heterocycles. The van der Waals surface area contributed by atoms with E-state index in [0.29, 0.717) is 0 Å². The van der Waals surface area contributed by atoms with Crippen LogP contribution in [0.2, 0.25) is 0 Å². The number of carbonyl (C=O) groups excluding carboxylic acids is 1.